The monoisotopic (exact) mass is 373 g/mol. The topological polar surface area (TPSA) is 47.9 Å². The molecule has 5 rings (SSSR count). The highest BCUT2D eigenvalue weighted by molar-refractivity contribution is 7.19. The Morgan fingerprint density at radius 3 is 2.78 bits per heavy atom. The molecule has 5 heteroatoms. The Morgan fingerprint density at radius 2 is 1.96 bits per heavy atom. The van der Waals surface area contributed by atoms with Crippen LogP contribution in [0.3, 0.4) is 0 Å². The van der Waals surface area contributed by atoms with Crippen molar-refractivity contribution in [3.05, 3.63) is 64.3 Å². The maximum absolute atomic E-state index is 6.31. The van der Waals surface area contributed by atoms with Gasteiger partial charge in [0.15, 0.2) is 5.82 Å². The van der Waals surface area contributed by atoms with Crippen molar-refractivity contribution in [3.8, 4) is 23.0 Å². The van der Waals surface area contributed by atoms with Gasteiger partial charge in [-0.3, -0.25) is 4.98 Å². The van der Waals surface area contributed by atoms with E-state index in [-0.39, 0.29) is 0 Å². The van der Waals surface area contributed by atoms with Gasteiger partial charge in [0.2, 0.25) is 5.88 Å². The summed E-state index contributed by atoms with van der Waals surface area (Å²) in [6.07, 6.45) is 6.96. The summed E-state index contributed by atoms with van der Waals surface area (Å²) in [4.78, 5) is 16.3. The van der Waals surface area contributed by atoms with E-state index in [1.54, 1.807) is 23.7 Å². The van der Waals surface area contributed by atoms with E-state index in [9.17, 15) is 0 Å². The second-order valence-corrected chi connectivity index (χ2v) is 8.06. The Kier molecular flexibility index (Phi) is 3.90. The number of hydrogen-bond donors (Lipinski definition) is 0. The van der Waals surface area contributed by atoms with E-state index in [0.29, 0.717) is 11.7 Å². The van der Waals surface area contributed by atoms with Crippen LogP contribution in [0.2, 0.25) is 0 Å². The number of pyridine rings is 1. The zero-order valence-electron chi connectivity index (χ0n) is 15.3. The lowest BCUT2D eigenvalue weighted by Crippen LogP contribution is -1.96. The average Bonchev–Trinajstić information content (AvgIpc) is 3.26. The minimum absolute atomic E-state index is 0.654. The first kappa shape index (κ1) is 16.4. The van der Waals surface area contributed by atoms with Crippen LogP contribution in [-0.4, -0.2) is 15.0 Å². The number of aryl methyl sites for hydroxylation is 4. The molecule has 0 atom stereocenters. The van der Waals surface area contributed by atoms with E-state index in [2.05, 4.69) is 31.0 Å². The first-order valence-corrected chi connectivity index (χ1v) is 9.98. The molecule has 134 valence electrons. The molecule has 27 heavy (non-hydrogen) atoms. The molecule has 1 aliphatic rings. The lowest BCUT2D eigenvalue weighted by Gasteiger charge is -2.10. The number of aromatic nitrogens is 3. The molecule has 0 bridgehead atoms. The van der Waals surface area contributed by atoms with Crippen LogP contribution in [0.25, 0.3) is 21.6 Å². The Hall–Kier alpha value is -2.79. The van der Waals surface area contributed by atoms with Gasteiger partial charge in [-0.2, -0.15) is 4.98 Å². The Labute approximate surface area is 161 Å². The van der Waals surface area contributed by atoms with Gasteiger partial charge in [-0.05, 0) is 74.1 Å². The van der Waals surface area contributed by atoms with Crippen LogP contribution in [-0.2, 0) is 12.8 Å². The zero-order valence-corrected chi connectivity index (χ0v) is 16.1. The summed E-state index contributed by atoms with van der Waals surface area (Å²) in [5, 5.41) is 1.08. The molecule has 0 amide bonds. The van der Waals surface area contributed by atoms with Crippen molar-refractivity contribution in [1.82, 2.24) is 15.0 Å². The van der Waals surface area contributed by atoms with Crippen LogP contribution in [0.15, 0.2) is 42.7 Å². The van der Waals surface area contributed by atoms with Crippen molar-refractivity contribution in [2.24, 2.45) is 0 Å². The molecule has 0 saturated carbocycles. The van der Waals surface area contributed by atoms with Gasteiger partial charge in [-0.25, -0.2) is 4.98 Å². The third kappa shape index (κ3) is 2.88. The summed E-state index contributed by atoms with van der Waals surface area (Å²) in [7, 11) is 0. The lowest BCUT2D eigenvalue weighted by molar-refractivity contribution is 0.468. The van der Waals surface area contributed by atoms with E-state index in [1.165, 1.54) is 28.0 Å². The first-order chi connectivity index (χ1) is 13.2. The van der Waals surface area contributed by atoms with E-state index < -0.39 is 0 Å². The molecule has 3 aromatic heterocycles. The van der Waals surface area contributed by atoms with Gasteiger partial charge in [0.1, 0.15) is 10.6 Å². The third-order valence-electron chi connectivity index (χ3n) is 5.14. The number of rotatable bonds is 3. The van der Waals surface area contributed by atoms with E-state index >= 15 is 0 Å². The summed E-state index contributed by atoms with van der Waals surface area (Å²) in [6.45, 7) is 4.20. The number of ether oxygens (including phenoxy) is 1. The maximum Gasteiger partial charge on any atom is 0.231 e. The molecule has 0 unspecified atom stereocenters. The maximum atomic E-state index is 6.31. The van der Waals surface area contributed by atoms with E-state index in [0.717, 1.165) is 34.4 Å². The molecule has 3 heterocycles. The molecule has 0 saturated heterocycles. The SMILES string of the molecule is Cc1ccc(Oc2nc(-c3cccnc3)nc3sc4c(c23)CCC4)cc1C. The van der Waals surface area contributed by atoms with Crippen molar-refractivity contribution in [2.45, 2.75) is 33.1 Å². The minimum atomic E-state index is 0.654. The molecule has 1 aromatic carbocycles. The number of thiophene rings is 1. The van der Waals surface area contributed by atoms with Gasteiger partial charge < -0.3 is 4.74 Å². The summed E-state index contributed by atoms with van der Waals surface area (Å²) in [5.41, 5.74) is 4.73. The van der Waals surface area contributed by atoms with E-state index in [1.807, 2.05) is 18.2 Å². The molecule has 4 nitrogen and oxygen atoms in total. The molecule has 0 spiro atoms. The van der Waals surface area contributed by atoms with Crippen LogP contribution in [0.1, 0.15) is 28.0 Å². The van der Waals surface area contributed by atoms with Crippen molar-refractivity contribution < 1.29 is 4.74 Å². The number of hydrogen-bond acceptors (Lipinski definition) is 5. The molecule has 0 fully saturated rings. The highest BCUT2D eigenvalue weighted by Crippen LogP contribution is 2.42. The Bertz CT molecular complexity index is 1150. The van der Waals surface area contributed by atoms with Gasteiger partial charge in [-0.1, -0.05) is 6.07 Å². The van der Waals surface area contributed by atoms with Crippen LogP contribution >= 0.6 is 11.3 Å². The molecule has 1 aliphatic carbocycles. The van der Waals surface area contributed by atoms with Crippen LogP contribution in [0.4, 0.5) is 0 Å². The highest BCUT2D eigenvalue weighted by Gasteiger charge is 2.24. The quantitative estimate of drug-likeness (QED) is 0.465. The van der Waals surface area contributed by atoms with Crippen molar-refractivity contribution in [2.75, 3.05) is 0 Å². The predicted octanol–water partition coefficient (Wildman–Crippen LogP) is 5.65. The summed E-state index contributed by atoms with van der Waals surface area (Å²) in [5.74, 6) is 2.13. The molecular weight excluding hydrogens is 354 g/mol. The van der Waals surface area contributed by atoms with Gasteiger partial charge >= 0.3 is 0 Å². The van der Waals surface area contributed by atoms with Crippen molar-refractivity contribution in [3.63, 3.8) is 0 Å². The van der Waals surface area contributed by atoms with Gasteiger partial charge in [0.25, 0.3) is 0 Å². The molecular formula is C22H19N3OS. The van der Waals surface area contributed by atoms with Crippen molar-refractivity contribution in [1.29, 1.82) is 0 Å². The summed E-state index contributed by atoms with van der Waals surface area (Å²) >= 11 is 1.77. The highest BCUT2D eigenvalue weighted by atomic mass is 32.1. The van der Waals surface area contributed by atoms with Crippen LogP contribution < -0.4 is 4.74 Å². The molecule has 0 N–H and O–H groups in total. The number of benzene rings is 1. The molecule has 0 aliphatic heterocycles. The second kappa shape index (κ2) is 6.43. The van der Waals surface area contributed by atoms with Gasteiger partial charge in [0.05, 0.1) is 5.39 Å². The van der Waals surface area contributed by atoms with Crippen LogP contribution in [0, 0.1) is 13.8 Å². The first-order valence-electron chi connectivity index (χ1n) is 9.17. The summed E-state index contributed by atoms with van der Waals surface area (Å²) < 4.78 is 6.31. The third-order valence-corrected chi connectivity index (χ3v) is 6.33. The normalized spacial score (nSPS) is 13.1. The number of nitrogens with zero attached hydrogens (tertiary/aromatic N) is 3. The van der Waals surface area contributed by atoms with Gasteiger partial charge in [0, 0.05) is 22.8 Å². The smallest absolute Gasteiger partial charge is 0.231 e. The predicted molar refractivity (Wildman–Crippen MR) is 109 cm³/mol. The van der Waals surface area contributed by atoms with Crippen LogP contribution in [0.5, 0.6) is 11.6 Å². The fraction of sp³-hybridized carbons (Fsp3) is 0.227. The minimum Gasteiger partial charge on any atom is -0.438 e. The molecule has 0 radical (unpaired) electrons. The Morgan fingerprint density at radius 1 is 1.04 bits per heavy atom. The standard InChI is InChI=1S/C22H19N3OS/c1-13-8-9-16(11-14(13)2)26-21-19-17-6-3-7-18(17)27-22(19)25-20(24-21)15-5-4-10-23-12-15/h4-5,8-12H,3,6-7H2,1-2H3. The van der Waals surface area contributed by atoms with Crippen molar-refractivity contribution >= 4 is 21.6 Å². The Balaban J connectivity index is 1.69. The summed E-state index contributed by atoms with van der Waals surface area (Å²) in [6, 6.07) is 10.0. The van der Waals surface area contributed by atoms with E-state index in [4.69, 9.17) is 14.7 Å². The second-order valence-electron chi connectivity index (χ2n) is 6.98. The average molecular weight is 373 g/mol. The molecule has 4 aromatic rings. The fourth-order valence-electron chi connectivity index (χ4n) is 3.55. The fourth-order valence-corrected chi connectivity index (χ4v) is 4.80. The van der Waals surface area contributed by atoms with Gasteiger partial charge in [-0.15, -0.1) is 11.3 Å². The number of fused-ring (bicyclic) bond motifs is 3. The largest absolute Gasteiger partial charge is 0.438 e. The zero-order chi connectivity index (χ0) is 18.4. The lowest BCUT2D eigenvalue weighted by atomic mass is 10.1.